The molecule has 0 heterocycles. The molecule has 2 heteroatoms. The van der Waals surface area contributed by atoms with Gasteiger partial charge in [0.05, 0.1) is 0 Å². The van der Waals surface area contributed by atoms with Crippen LogP contribution in [-0.4, -0.2) is 0 Å². The van der Waals surface area contributed by atoms with Crippen molar-refractivity contribution in [1.82, 2.24) is 0 Å². The van der Waals surface area contributed by atoms with Gasteiger partial charge in [0, 0.05) is 7.14 Å². The maximum absolute atomic E-state index is 2.39. The first-order valence-corrected chi connectivity index (χ1v) is 6.52. The maximum Gasteiger partial charge on any atom is 0.0270 e. The number of halogens is 2. The summed E-state index contributed by atoms with van der Waals surface area (Å²) in [7, 11) is 0. The highest BCUT2D eigenvalue weighted by Crippen LogP contribution is 2.48. The molecule has 0 N–H and O–H groups in total. The zero-order valence-corrected chi connectivity index (χ0v) is 11.5. The molecule has 14 heavy (non-hydrogen) atoms. The van der Waals surface area contributed by atoms with Crippen LogP contribution in [0.1, 0.15) is 0 Å². The van der Waals surface area contributed by atoms with Crippen LogP contribution >= 0.6 is 45.2 Å². The Kier molecular flexibility index (Phi) is 2.09. The summed E-state index contributed by atoms with van der Waals surface area (Å²) in [4.78, 5) is 0. The summed E-state index contributed by atoms with van der Waals surface area (Å²) < 4.78 is 2.69. The molecule has 1 aliphatic carbocycles. The predicted octanol–water partition coefficient (Wildman–Crippen LogP) is 4.54. The standard InChI is InChI=1S/C12H6I2/c13-11-5-9-7-3-1-2-4-8(7)10(9)6-12(11)14/h1-6H. The van der Waals surface area contributed by atoms with Gasteiger partial charge in [-0.05, 0) is 79.6 Å². The van der Waals surface area contributed by atoms with Gasteiger partial charge in [-0.3, -0.25) is 0 Å². The van der Waals surface area contributed by atoms with Crippen molar-refractivity contribution < 1.29 is 0 Å². The molecule has 3 rings (SSSR count). The minimum Gasteiger partial charge on any atom is -0.0616 e. The Balaban J connectivity index is 2.29. The Morgan fingerprint density at radius 3 is 1.50 bits per heavy atom. The van der Waals surface area contributed by atoms with Gasteiger partial charge in [-0.15, -0.1) is 0 Å². The third-order valence-corrected chi connectivity index (χ3v) is 5.38. The molecule has 0 aromatic heterocycles. The minimum absolute atomic E-state index is 1.34. The Hall–Kier alpha value is -0.100. The second-order valence-electron chi connectivity index (χ2n) is 3.36. The van der Waals surface area contributed by atoms with Crippen molar-refractivity contribution in [1.29, 1.82) is 0 Å². The molecule has 0 saturated carbocycles. The largest absolute Gasteiger partial charge is 0.0616 e. The molecule has 0 aliphatic heterocycles. The van der Waals surface area contributed by atoms with E-state index in [4.69, 9.17) is 0 Å². The van der Waals surface area contributed by atoms with E-state index in [-0.39, 0.29) is 0 Å². The highest BCUT2D eigenvalue weighted by atomic mass is 127. The molecular formula is C12H6I2. The molecular weight excluding hydrogens is 398 g/mol. The summed E-state index contributed by atoms with van der Waals surface area (Å²) in [5.74, 6) is 0. The zero-order chi connectivity index (χ0) is 9.71. The van der Waals surface area contributed by atoms with Crippen molar-refractivity contribution in [3.8, 4) is 22.3 Å². The van der Waals surface area contributed by atoms with Gasteiger partial charge >= 0.3 is 0 Å². The van der Waals surface area contributed by atoms with Gasteiger partial charge in [0.15, 0.2) is 0 Å². The summed E-state index contributed by atoms with van der Waals surface area (Å²) >= 11 is 4.78. The highest BCUT2D eigenvalue weighted by molar-refractivity contribution is 14.1. The minimum atomic E-state index is 1.34. The normalized spacial score (nSPS) is 11.6. The second kappa shape index (κ2) is 3.20. The first-order chi connectivity index (χ1) is 6.77. The van der Waals surface area contributed by atoms with E-state index in [1.54, 1.807) is 0 Å². The van der Waals surface area contributed by atoms with E-state index >= 15 is 0 Å². The number of hydrogen-bond acceptors (Lipinski definition) is 0. The van der Waals surface area contributed by atoms with E-state index in [1.807, 2.05) is 0 Å². The van der Waals surface area contributed by atoms with Gasteiger partial charge < -0.3 is 0 Å². The predicted molar refractivity (Wildman–Crippen MR) is 76.3 cm³/mol. The zero-order valence-electron chi connectivity index (χ0n) is 7.22. The fourth-order valence-corrected chi connectivity index (χ4v) is 2.82. The Bertz CT molecular complexity index is 482. The maximum atomic E-state index is 2.39. The first-order valence-electron chi connectivity index (χ1n) is 4.36. The number of hydrogen-bond donors (Lipinski definition) is 0. The van der Waals surface area contributed by atoms with Crippen LogP contribution in [0.3, 0.4) is 0 Å². The van der Waals surface area contributed by atoms with Crippen LogP contribution in [0.5, 0.6) is 0 Å². The third kappa shape index (κ3) is 1.16. The molecule has 0 fully saturated rings. The van der Waals surface area contributed by atoms with E-state index in [9.17, 15) is 0 Å². The molecule has 0 amide bonds. The SMILES string of the molecule is Ic1cc2c(cc1I)-c1ccccc1-2. The Morgan fingerprint density at radius 2 is 1.07 bits per heavy atom. The lowest BCUT2D eigenvalue weighted by Gasteiger charge is -2.24. The van der Waals surface area contributed by atoms with Gasteiger partial charge in [-0.25, -0.2) is 0 Å². The average Bonchev–Trinajstić information content (AvgIpc) is 2.21. The fourth-order valence-electron chi connectivity index (χ4n) is 1.88. The van der Waals surface area contributed by atoms with Crippen LogP contribution in [0, 0.1) is 7.14 Å². The molecule has 68 valence electrons. The second-order valence-corrected chi connectivity index (χ2v) is 5.68. The molecule has 0 atom stereocenters. The van der Waals surface area contributed by atoms with Crippen molar-refractivity contribution in [2.45, 2.75) is 0 Å². The molecule has 0 nitrogen and oxygen atoms in total. The summed E-state index contributed by atoms with van der Waals surface area (Å²) in [6.07, 6.45) is 0. The molecule has 0 saturated heterocycles. The van der Waals surface area contributed by atoms with E-state index in [2.05, 4.69) is 81.6 Å². The highest BCUT2D eigenvalue weighted by Gasteiger charge is 2.22. The van der Waals surface area contributed by atoms with Crippen LogP contribution in [0.2, 0.25) is 0 Å². The first kappa shape index (κ1) is 9.15. The van der Waals surface area contributed by atoms with Gasteiger partial charge in [0.2, 0.25) is 0 Å². The van der Waals surface area contributed by atoms with E-state index in [1.165, 1.54) is 29.4 Å². The number of benzene rings is 2. The van der Waals surface area contributed by atoms with E-state index < -0.39 is 0 Å². The van der Waals surface area contributed by atoms with Crippen molar-refractivity contribution in [3.63, 3.8) is 0 Å². The lowest BCUT2D eigenvalue weighted by atomic mass is 9.81. The number of fused-ring (bicyclic) bond motifs is 4. The van der Waals surface area contributed by atoms with Gasteiger partial charge in [0.25, 0.3) is 0 Å². The van der Waals surface area contributed by atoms with Crippen molar-refractivity contribution in [3.05, 3.63) is 43.5 Å². The quantitative estimate of drug-likeness (QED) is 0.483. The van der Waals surface area contributed by atoms with Crippen LogP contribution < -0.4 is 0 Å². The van der Waals surface area contributed by atoms with Crippen molar-refractivity contribution >= 4 is 45.2 Å². The topological polar surface area (TPSA) is 0 Å². The van der Waals surface area contributed by atoms with Crippen LogP contribution in [0.15, 0.2) is 36.4 Å². The lowest BCUT2D eigenvalue weighted by molar-refractivity contribution is 1.47. The summed E-state index contributed by atoms with van der Waals surface area (Å²) in [5, 5.41) is 0. The summed E-state index contributed by atoms with van der Waals surface area (Å²) in [6, 6.07) is 13.2. The van der Waals surface area contributed by atoms with Gasteiger partial charge in [-0.2, -0.15) is 0 Å². The Morgan fingerprint density at radius 1 is 0.643 bits per heavy atom. The summed E-state index contributed by atoms with van der Waals surface area (Å²) in [6.45, 7) is 0. The van der Waals surface area contributed by atoms with E-state index in [0.29, 0.717) is 0 Å². The lowest BCUT2D eigenvalue weighted by Crippen LogP contribution is -1.99. The molecule has 0 bridgehead atoms. The number of rotatable bonds is 0. The molecule has 1 aliphatic rings. The smallest absolute Gasteiger partial charge is 0.0270 e. The van der Waals surface area contributed by atoms with Crippen LogP contribution in [-0.2, 0) is 0 Å². The van der Waals surface area contributed by atoms with Crippen LogP contribution in [0.4, 0.5) is 0 Å². The monoisotopic (exact) mass is 404 g/mol. The Labute approximate surface area is 110 Å². The fraction of sp³-hybridized carbons (Fsp3) is 0. The molecule has 2 aromatic rings. The molecule has 0 spiro atoms. The summed E-state index contributed by atoms with van der Waals surface area (Å²) in [5.41, 5.74) is 5.62. The molecule has 2 aromatic carbocycles. The third-order valence-electron chi connectivity index (χ3n) is 2.57. The average molecular weight is 404 g/mol. The van der Waals surface area contributed by atoms with Crippen LogP contribution in [0.25, 0.3) is 22.3 Å². The van der Waals surface area contributed by atoms with Gasteiger partial charge in [-0.1, -0.05) is 24.3 Å². The van der Waals surface area contributed by atoms with Crippen molar-refractivity contribution in [2.24, 2.45) is 0 Å². The molecule has 0 unspecified atom stereocenters. The molecule has 0 radical (unpaired) electrons. The van der Waals surface area contributed by atoms with E-state index in [0.717, 1.165) is 0 Å². The van der Waals surface area contributed by atoms with Gasteiger partial charge in [0.1, 0.15) is 0 Å². The van der Waals surface area contributed by atoms with Crippen molar-refractivity contribution in [2.75, 3.05) is 0 Å².